The topological polar surface area (TPSA) is 67.4 Å². The molecule has 1 aromatic rings. The Morgan fingerprint density at radius 1 is 1.36 bits per heavy atom. The maximum absolute atomic E-state index is 12.6. The summed E-state index contributed by atoms with van der Waals surface area (Å²) in [5.74, 6) is 1.28. The molecule has 2 aliphatic heterocycles. The molecule has 1 aromatic heterocycles. The van der Waals surface area contributed by atoms with E-state index in [-0.39, 0.29) is 11.8 Å². The number of carbonyl (C=O) groups excluding carboxylic acids is 1. The summed E-state index contributed by atoms with van der Waals surface area (Å²) in [4.78, 5) is 23.2. The monoisotopic (exact) mass is 304 g/mol. The van der Waals surface area contributed by atoms with Gasteiger partial charge in [-0.25, -0.2) is 9.97 Å². The van der Waals surface area contributed by atoms with E-state index in [2.05, 4.69) is 20.2 Å². The number of carbonyl (C=O) groups is 1. The molecule has 0 radical (unpaired) electrons. The zero-order chi connectivity index (χ0) is 15.4. The normalized spacial score (nSPS) is 20.9. The van der Waals surface area contributed by atoms with Crippen molar-refractivity contribution in [3.63, 3.8) is 0 Å². The second-order valence-corrected chi connectivity index (χ2v) is 6.18. The summed E-state index contributed by atoms with van der Waals surface area (Å²) in [6.07, 6.45) is 7.52. The van der Waals surface area contributed by atoms with Gasteiger partial charge in [-0.3, -0.25) is 4.79 Å². The third-order valence-corrected chi connectivity index (χ3v) is 4.74. The van der Waals surface area contributed by atoms with Gasteiger partial charge in [0.05, 0.1) is 6.20 Å². The molecular weight excluding hydrogens is 280 g/mol. The summed E-state index contributed by atoms with van der Waals surface area (Å²) in [5.41, 5.74) is 0.730. The molecule has 3 heterocycles. The third-order valence-electron chi connectivity index (χ3n) is 4.74. The first-order valence-electron chi connectivity index (χ1n) is 8.19. The number of anilines is 2. The highest BCUT2D eigenvalue weighted by Crippen LogP contribution is 2.28. The molecular formula is C16H24N4O2. The molecule has 0 spiro atoms. The number of nitrogens with zero attached hydrogens (tertiary/aromatic N) is 3. The van der Waals surface area contributed by atoms with E-state index in [0.717, 1.165) is 50.7 Å². The molecule has 0 aromatic carbocycles. The molecule has 1 atom stereocenters. The van der Waals surface area contributed by atoms with Crippen LogP contribution in [0.15, 0.2) is 12.5 Å². The van der Waals surface area contributed by atoms with Gasteiger partial charge in [-0.2, -0.15) is 0 Å². The first kappa shape index (κ1) is 15.2. The predicted octanol–water partition coefficient (Wildman–Crippen LogP) is 2.08. The van der Waals surface area contributed by atoms with Gasteiger partial charge in [0.2, 0.25) is 5.91 Å². The first-order chi connectivity index (χ1) is 10.8. The SMILES string of the molecule is CC(C(=O)Nc1cncnc1N1CCCC1)C1CCOCC1. The standard InChI is InChI=1S/C16H24N4O2/c1-12(13-4-8-22-9-5-13)16(21)19-14-10-17-11-18-15(14)20-6-2-3-7-20/h10-13H,2-9H2,1H3,(H,19,21). The highest BCUT2D eigenvalue weighted by atomic mass is 16.5. The van der Waals surface area contributed by atoms with Crippen LogP contribution in [0.4, 0.5) is 11.5 Å². The van der Waals surface area contributed by atoms with E-state index in [1.165, 1.54) is 12.8 Å². The molecule has 2 fully saturated rings. The van der Waals surface area contributed by atoms with Crippen LogP contribution in [0, 0.1) is 11.8 Å². The smallest absolute Gasteiger partial charge is 0.227 e. The van der Waals surface area contributed by atoms with Crippen molar-refractivity contribution in [2.24, 2.45) is 11.8 Å². The first-order valence-corrected chi connectivity index (χ1v) is 8.19. The van der Waals surface area contributed by atoms with Gasteiger partial charge in [-0.05, 0) is 31.6 Å². The van der Waals surface area contributed by atoms with Crippen LogP contribution in [-0.2, 0) is 9.53 Å². The number of hydrogen-bond donors (Lipinski definition) is 1. The molecule has 6 heteroatoms. The number of ether oxygens (including phenoxy) is 1. The average Bonchev–Trinajstić information content (AvgIpc) is 3.10. The van der Waals surface area contributed by atoms with Gasteiger partial charge >= 0.3 is 0 Å². The molecule has 6 nitrogen and oxygen atoms in total. The van der Waals surface area contributed by atoms with E-state index < -0.39 is 0 Å². The molecule has 2 saturated heterocycles. The highest BCUT2D eigenvalue weighted by molar-refractivity contribution is 5.95. The van der Waals surface area contributed by atoms with Gasteiger partial charge in [0.25, 0.3) is 0 Å². The van der Waals surface area contributed by atoms with Crippen LogP contribution < -0.4 is 10.2 Å². The minimum atomic E-state index is -0.0180. The summed E-state index contributed by atoms with van der Waals surface area (Å²) >= 11 is 0. The van der Waals surface area contributed by atoms with Crippen LogP contribution in [0.2, 0.25) is 0 Å². The molecule has 1 unspecified atom stereocenters. The molecule has 0 bridgehead atoms. The van der Waals surface area contributed by atoms with Crippen molar-refractivity contribution in [3.8, 4) is 0 Å². The Kier molecular flexibility index (Phi) is 4.87. The Morgan fingerprint density at radius 2 is 2.09 bits per heavy atom. The Morgan fingerprint density at radius 3 is 2.82 bits per heavy atom. The fourth-order valence-electron chi connectivity index (χ4n) is 3.27. The van der Waals surface area contributed by atoms with Gasteiger partial charge in [-0.15, -0.1) is 0 Å². The second-order valence-electron chi connectivity index (χ2n) is 6.18. The Balaban J connectivity index is 1.68. The van der Waals surface area contributed by atoms with E-state index in [1.54, 1.807) is 12.5 Å². The Bertz CT molecular complexity index is 511. The van der Waals surface area contributed by atoms with E-state index in [0.29, 0.717) is 5.92 Å². The van der Waals surface area contributed by atoms with Gasteiger partial charge in [0, 0.05) is 32.2 Å². The number of amides is 1. The lowest BCUT2D eigenvalue weighted by atomic mass is 9.87. The second kappa shape index (κ2) is 7.05. The maximum atomic E-state index is 12.6. The summed E-state index contributed by atoms with van der Waals surface area (Å²) < 4.78 is 5.38. The van der Waals surface area contributed by atoms with Crippen LogP contribution in [0.1, 0.15) is 32.6 Å². The zero-order valence-corrected chi connectivity index (χ0v) is 13.1. The lowest BCUT2D eigenvalue weighted by Gasteiger charge is -2.27. The molecule has 3 rings (SSSR count). The fourth-order valence-corrected chi connectivity index (χ4v) is 3.27. The molecule has 2 aliphatic rings. The lowest BCUT2D eigenvalue weighted by Crippen LogP contribution is -2.31. The molecule has 22 heavy (non-hydrogen) atoms. The van der Waals surface area contributed by atoms with Crippen molar-refractivity contribution in [2.45, 2.75) is 32.6 Å². The lowest BCUT2D eigenvalue weighted by molar-refractivity contribution is -0.122. The fraction of sp³-hybridized carbons (Fsp3) is 0.688. The Hall–Kier alpha value is -1.69. The van der Waals surface area contributed by atoms with Crippen LogP contribution in [0.5, 0.6) is 0 Å². The van der Waals surface area contributed by atoms with Crippen molar-refractivity contribution in [2.75, 3.05) is 36.5 Å². The van der Waals surface area contributed by atoms with Crippen LogP contribution in [0.25, 0.3) is 0 Å². The van der Waals surface area contributed by atoms with E-state index in [1.807, 2.05) is 6.92 Å². The minimum Gasteiger partial charge on any atom is -0.381 e. The van der Waals surface area contributed by atoms with Crippen molar-refractivity contribution in [1.29, 1.82) is 0 Å². The predicted molar refractivity (Wildman–Crippen MR) is 84.8 cm³/mol. The molecule has 1 amide bonds. The molecule has 120 valence electrons. The summed E-state index contributed by atoms with van der Waals surface area (Å²) in [6, 6.07) is 0. The average molecular weight is 304 g/mol. The largest absolute Gasteiger partial charge is 0.381 e. The quantitative estimate of drug-likeness (QED) is 0.922. The highest BCUT2D eigenvalue weighted by Gasteiger charge is 2.27. The summed E-state index contributed by atoms with van der Waals surface area (Å²) in [6.45, 7) is 5.51. The number of nitrogens with one attached hydrogen (secondary N) is 1. The van der Waals surface area contributed by atoms with Gasteiger partial charge in [-0.1, -0.05) is 6.92 Å². The molecule has 0 saturated carbocycles. The Labute approximate surface area is 131 Å². The minimum absolute atomic E-state index is 0.0180. The van der Waals surface area contributed by atoms with Crippen molar-refractivity contribution >= 4 is 17.4 Å². The maximum Gasteiger partial charge on any atom is 0.227 e. The van der Waals surface area contributed by atoms with E-state index in [9.17, 15) is 4.79 Å². The van der Waals surface area contributed by atoms with Crippen LogP contribution in [-0.4, -0.2) is 42.2 Å². The van der Waals surface area contributed by atoms with Gasteiger partial charge in [0.1, 0.15) is 12.0 Å². The molecule has 1 N–H and O–H groups in total. The number of rotatable bonds is 4. The molecule has 0 aliphatic carbocycles. The number of aromatic nitrogens is 2. The van der Waals surface area contributed by atoms with Gasteiger partial charge in [0.15, 0.2) is 5.82 Å². The van der Waals surface area contributed by atoms with E-state index in [4.69, 9.17) is 4.74 Å². The van der Waals surface area contributed by atoms with Crippen molar-refractivity contribution in [3.05, 3.63) is 12.5 Å². The van der Waals surface area contributed by atoms with Crippen molar-refractivity contribution < 1.29 is 9.53 Å². The summed E-state index contributed by atoms with van der Waals surface area (Å²) in [7, 11) is 0. The van der Waals surface area contributed by atoms with E-state index >= 15 is 0 Å². The number of hydrogen-bond acceptors (Lipinski definition) is 5. The van der Waals surface area contributed by atoms with Gasteiger partial charge < -0.3 is 15.0 Å². The third kappa shape index (κ3) is 3.38. The summed E-state index contributed by atoms with van der Waals surface area (Å²) in [5, 5.41) is 3.04. The zero-order valence-electron chi connectivity index (χ0n) is 13.1. The van der Waals surface area contributed by atoms with Crippen LogP contribution >= 0.6 is 0 Å². The van der Waals surface area contributed by atoms with Crippen molar-refractivity contribution in [1.82, 2.24) is 9.97 Å². The van der Waals surface area contributed by atoms with Crippen LogP contribution in [0.3, 0.4) is 0 Å².